The highest BCUT2D eigenvalue weighted by molar-refractivity contribution is 7.89. The molecular weight excluding hydrogens is 307 g/mol. The number of nitrogen functional groups attached to an aromatic ring is 1. The first-order chi connectivity index (χ1) is 10.5. The van der Waals surface area contributed by atoms with Crippen molar-refractivity contribution in [3.8, 4) is 11.8 Å². The number of anilines is 1. The van der Waals surface area contributed by atoms with Crippen molar-refractivity contribution in [1.82, 2.24) is 14.6 Å². The van der Waals surface area contributed by atoms with Gasteiger partial charge in [0.2, 0.25) is 10.0 Å². The second kappa shape index (κ2) is 5.83. The second-order valence-corrected chi connectivity index (χ2v) is 7.54. The van der Waals surface area contributed by atoms with Gasteiger partial charge in [0, 0.05) is 19.1 Å². The Hall–Kier alpha value is -1.69. The van der Waals surface area contributed by atoms with Gasteiger partial charge < -0.3 is 11.1 Å². The van der Waals surface area contributed by atoms with Crippen molar-refractivity contribution >= 4 is 15.7 Å². The van der Waals surface area contributed by atoms with E-state index in [1.165, 1.54) is 10.5 Å². The lowest BCUT2D eigenvalue weighted by atomic mass is 10.1. The largest absolute Gasteiger partial charge is 0.396 e. The lowest BCUT2D eigenvalue weighted by Crippen LogP contribution is -2.56. The number of rotatable bonds is 0. The zero-order valence-electron chi connectivity index (χ0n) is 11.9. The summed E-state index contributed by atoms with van der Waals surface area (Å²) in [6.45, 7) is 0.847. The molecule has 0 saturated carbocycles. The van der Waals surface area contributed by atoms with Crippen molar-refractivity contribution in [3.05, 3.63) is 23.8 Å². The quantitative estimate of drug-likeness (QED) is 0.652. The topological polar surface area (TPSA) is 88.3 Å². The van der Waals surface area contributed by atoms with Crippen LogP contribution in [0.3, 0.4) is 0 Å². The molecule has 2 aliphatic heterocycles. The number of nitrogens with two attached hydrogens (primary N) is 1. The van der Waals surface area contributed by atoms with Crippen LogP contribution in [0.5, 0.6) is 0 Å². The van der Waals surface area contributed by atoms with Crippen molar-refractivity contribution in [1.29, 1.82) is 0 Å². The molecule has 3 atom stereocenters. The van der Waals surface area contributed by atoms with Crippen LogP contribution in [0.4, 0.5) is 10.1 Å². The van der Waals surface area contributed by atoms with Gasteiger partial charge in [-0.15, -0.1) is 0 Å². The summed E-state index contributed by atoms with van der Waals surface area (Å²) in [4.78, 5) is 3.64. The van der Waals surface area contributed by atoms with Gasteiger partial charge in [-0.25, -0.2) is 12.8 Å². The van der Waals surface area contributed by atoms with E-state index in [2.05, 4.69) is 22.1 Å². The van der Waals surface area contributed by atoms with Gasteiger partial charge in [-0.2, -0.15) is 4.31 Å². The van der Waals surface area contributed by atoms with Gasteiger partial charge in [0.1, 0.15) is 0 Å². The number of sulfonamides is 1. The van der Waals surface area contributed by atoms with E-state index in [1.54, 1.807) is 0 Å². The Morgan fingerprint density at radius 1 is 1.45 bits per heavy atom. The van der Waals surface area contributed by atoms with Gasteiger partial charge in [0.15, 0.2) is 5.82 Å². The predicted molar refractivity (Wildman–Crippen MR) is 80.8 cm³/mol. The molecule has 22 heavy (non-hydrogen) atoms. The molecule has 0 aliphatic carbocycles. The average molecular weight is 324 g/mol. The molecule has 3 heterocycles. The van der Waals surface area contributed by atoms with Gasteiger partial charge in [-0.05, 0) is 12.8 Å². The van der Waals surface area contributed by atoms with Crippen molar-refractivity contribution in [3.63, 3.8) is 0 Å². The summed E-state index contributed by atoms with van der Waals surface area (Å²) in [5.74, 6) is 5.05. The lowest BCUT2D eigenvalue weighted by molar-refractivity contribution is 0.262. The maximum absolute atomic E-state index is 13.7. The smallest absolute Gasteiger partial charge is 0.215 e. The minimum atomic E-state index is -3.31. The van der Waals surface area contributed by atoms with Crippen LogP contribution in [-0.2, 0) is 10.0 Å². The Labute approximate surface area is 128 Å². The van der Waals surface area contributed by atoms with Gasteiger partial charge in [-0.3, -0.25) is 4.98 Å². The van der Waals surface area contributed by atoms with E-state index in [0.717, 1.165) is 12.6 Å². The highest BCUT2D eigenvalue weighted by atomic mass is 32.2. The number of pyridine rings is 1. The molecule has 3 rings (SSSR count). The number of hydrogen-bond acceptors (Lipinski definition) is 5. The molecule has 1 aromatic rings. The molecule has 6 nitrogen and oxygen atoms in total. The fourth-order valence-electron chi connectivity index (χ4n) is 2.78. The molecule has 0 amide bonds. The highest BCUT2D eigenvalue weighted by Gasteiger charge is 2.37. The van der Waals surface area contributed by atoms with E-state index in [9.17, 15) is 12.8 Å². The summed E-state index contributed by atoms with van der Waals surface area (Å²) in [6, 6.07) is -0.343. The number of nitrogens with one attached hydrogen (secondary N) is 1. The molecule has 0 radical (unpaired) electrons. The summed E-state index contributed by atoms with van der Waals surface area (Å²) in [7, 11) is -3.31. The normalized spacial score (nSPS) is 30.0. The van der Waals surface area contributed by atoms with E-state index in [4.69, 9.17) is 5.73 Å². The number of nitrogens with zero attached hydrogens (tertiary/aromatic N) is 2. The minimum Gasteiger partial charge on any atom is -0.396 e. The van der Waals surface area contributed by atoms with Crippen molar-refractivity contribution in [2.75, 3.05) is 24.6 Å². The van der Waals surface area contributed by atoms with Gasteiger partial charge in [0.25, 0.3) is 0 Å². The number of fused-ring (bicyclic) bond motifs is 2. The maximum atomic E-state index is 13.7. The van der Waals surface area contributed by atoms with Crippen LogP contribution in [0.1, 0.15) is 18.4 Å². The summed E-state index contributed by atoms with van der Waals surface area (Å²) >= 11 is 0. The van der Waals surface area contributed by atoms with E-state index in [1.807, 2.05) is 0 Å². The first-order valence-electron chi connectivity index (χ1n) is 7.11. The number of hydrogen-bond donors (Lipinski definition) is 2. The van der Waals surface area contributed by atoms with Gasteiger partial charge in [0.05, 0.1) is 35.4 Å². The molecule has 2 saturated heterocycles. The van der Waals surface area contributed by atoms with Crippen LogP contribution in [0.15, 0.2) is 12.4 Å². The van der Waals surface area contributed by atoms with Crippen LogP contribution in [0.2, 0.25) is 0 Å². The molecule has 8 heteroatoms. The zero-order chi connectivity index (χ0) is 15.7. The molecule has 1 aromatic heterocycles. The molecule has 1 unspecified atom stereocenters. The fourth-order valence-corrected chi connectivity index (χ4v) is 4.47. The first kappa shape index (κ1) is 15.2. The van der Waals surface area contributed by atoms with E-state index in [0.29, 0.717) is 19.5 Å². The van der Waals surface area contributed by atoms with Crippen LogP contribution in [0, 0.1) is 17.7 Å². The Kier molecular flexibility index (Phi) is 4.04. The molecule has 118 valence electrons. The molecule has 2 bridgehead atoms. The van der Waals surface area contributed by atoms with Crippen LogP contribution in [0.25, 0.3) is 0 Å². The maximum Gasteiger partial charge on any atom is 0.215 e. The molecule has 0 aromatic carbocycles. The molecule has 2 fully saturated rings. The van der Waals surface area contributed by atoms with E-state index in [-0.39, 0.29) is 23.0 Å². The number of piperazine rings is 1. The molecule has 0 spiro atoms. The van der Waals surface area contributed by atoms with E-state index < -0.39 is 21.9 Å². The summed E-state index contributed by atoms with van der Waals surface area (Å²) in [5.41, 5.74) is 5.87. The Bertz CT molecular complexity index is 721. The SMILES string of the molecule is Nc1cncc(F)c1C#C[C@H]1CN[C@@H]2CCCS(=O)(=O)N1C2. The van der Waals surface area contributed by atoms with Crippen LogP contribution in [-0.4, -0.2) is 48.6 Å². The first-order valence-corrected chi connectivity index (χ1v) is 8.72. The monoisotopic (exact) mass is 324 g/mol. The van der Waals surface area contributed by atoms with Crippen LogP contribution < -0.4 is 11.1 Å². The third kappa shape index (κ3) is 2.92. The number of aromatic nitrogens is 1. The molecular formula is C14H17FN4O2S. The predicted octanol–water partition coefficient (Wildman–Crippen LogP) is -0.0796. The van der Waals surface area contributed by atoms with Gasteiger partial charge >= 0.3 is 0 Å². The third-order valence-corrected chi connectivity index (χ3v) is 5.88. The average Bonchev–Trinajstić information content (AvgIpc) is 2.58. The zero-order valence-corrected chi connectivity index (χ0v) is 12.7. The minimum absolute atomic E-state index is 0.0596. The van der Waals surface area contributed by atoms with Gasteiger partial charge in [-0.1, -0.05) is 11.8 Å². The second-order valence-electron chi connectivity index (χ2n) is 5.50. The summed E-state index contributed by atoms with van der Waals surface area (Å²) in [5, 5.41) is 3.30. The van der Waals surface area contributed by atoms with Crippen molar-refractivity contribution < 1.29 is 12.8 Å². The summed E-state index contributed by atoms with van der Waals surface area (Å²) < 4.78 is 39.7. The van der Waals surface area contributed by atoms with Crippen molar-refractivity contribution in [2.24, 2.45) is 0 Å². The third-order valence-electron chi connectivity index (χ3n) is 3.95. The Morgan fingerprint density at radius 3 is 3.05 bits per heavy atom. The fraction of sp³-hybridized carbons (Fsp3) is 0.500. The van der Waals surface area contributed by atoms with Crippen LogP contribution >= 0.6 is 0 Å². The lowest BCUT2D eigenvalue weighted by Gasteiger charge is -2.34. The molecule has 2 aliphatic rings. The van der Waals surface area contributed by atoms with E-state index >= 15 is 0 Å². The Morgan fingerprint density at radius 2 is 2.27 bits per heavy atom. The summed E-state index contributed by atoms with van der Waals surface area (Å²) in [6.07, 6.45) is 3.84. The van der Waals surface area contributed by atoms with Crippen molar-refractivity contribution in [2.45, 2.75) is 24.9 Å². The Balaban J connectivity index is 1.91. The standard InChI is InChI=1S/C14H17FN4O2S/c15-13-7-17-8-14(16)12(13)4-3-11-6-18-10-2-1-5-22(20,21)19(11)9-10/h7-8,10-11,18H,1-2,5-6,9,16H2/t10-,11+/m1/s1. The highest BCUT2D eigenvalue weighted by Crippen LogP contribution is 2.21. The number of halogens is 1. The molecule has 3 N–H and O–H groups in total.